The molecule has 0 radical (unpaired) electrons. The number of hydrogen-bond acceptors (Lipinski definition) is 3. The van der Waals surface area contributed by atoms with Gasteiger partial charge in [-0.2, -0.15) is 0 Å². The second kappa shape index (κ2) is 8.53. The van der Waals surface area contributed by atoms with Crippen molar-refractivity contribution in [3.63, 3.8) is 0 Å². The Hall–Kier alpha value is -1.55. The third-order valence-electron chi connectivity index (χ3n) is 3.36. The monoisotopic (exact) mass is 263 g/mol. The Morgan fingerprint density at radius 1 is 1.32 bits per heavy atom. The molecule has 0 saturated heterocycles. The van der Waals surface area contributed by atoms with Crippen LogP contribution in [-0.4, -0.2) is 43.5 Å². The van der Waals surface area contributed by atoms with Crippen LogP contribution < -0.4 is 10.6 Å². The molecule has 2 N–H and O–H groups in total. The summed E-state index contributed by atoms with van der Waals surface area (Å²) in [5, 5.41) is 6.01. The molecule has 1 atom stereocenters. The number of anilines is 1. The standard InChI is InChI=1S/C15H25N3O/c1-4-13(2)18(3)11-10-16-15(19)12-17-14-8-6-5-7-9-14/h5-9,13,17H,4,10-12H2,1-3H3,(H,16,19). The van der Waals surface area contributed by atoms with Gasteiger partial charge in [0.05, 0.1) is 6.54 Å². The van der Waals surface area contributed by atoms with Crippen molar-refractivity contribution in [1.29, 1.82) is 0 Å². The summed E-state index contributed by atoms with van der Waals surface area (Å²) in [6, 6.07) is 10.3. The van der Waals surface area contributed by atoms with Crippen LogP contribution in [-0.2, 0) is 4.79 Å². The van der Waals surface area contributed by atoms with Gasteiger partial charge >= 0.3 is 0 Å². The molecule has 0 fully saturated rings. The summed E-state index contributed by atoms with van der Waals surface area (Å²) < 4.78 is 0. The zero-order valence-electron chi connectivity index (χ0n) is 12.1. The summed E-state index contributed by atoms with van der Waals surface area (Å²) in [7, 11) is 2.09. The minimum Gasteiger partial charge on any atom is -0.376 e. The van der Waals surface area contributed by atoms with Crippen molar-refractivity contribution in [3.05, 3.63) is 30.3 Å². The Labute approximate surface area is 116 Å². The fourth-order valence-electron chi connectivity index (χ4n) is 1.70. The van der Waals surface area contributed by atoms with Gasteiger partial charge in [0.25, 0.3) is 0 Å². The highest BCUT2D eigenvalue weighted by Gasteiger charge is 2.06. The first kappa shape index (κ1) is 15.5. The van der Waals surface area contributed by atoms with E-state index in [2.05, 4.69) is 36.4 Å². The molecule has 0 saturated carbocycles. The van der Waals surface area contributed by atoms with E-state index in [1.165, 1.54) is 0 Å². The zero-order valence-corrected chi connectivity index (χ0v) is 12.1. The maximum atomic E-state index is 11.6. The van der Waals surface area contributed by atoms with Gasteiger partial charge in [0.1, 0.15) is 0 Å². The van der Waals surface area contributed by atoms with Crippen molar-refractivity contribution >= 4 is 11.6 Å². The minimum absolute atomic E-state index is 0.0291. The molecule has 0 spiro atoms. The number of likely N-dealkylation sites (N-methyl/N-ethyl adjacent to an activating group) is 1. The number of para-hydroxylation sites is 1. The molecule has 0 heterocycles. The van der Waals surface area contributed by atoms with Gasteiger partial charge in [-0.25, -0.2) is 0 Å². The summed E-state index contributed by atoms with van der Waals surface area (Å²) in [4.78, 5) is 13.9. The molecule has 106 valence electrons. The van der Waals surface area contributed by atoms with Crippen LogP contribution in [0.4, 0.5) is 5.69 Å². The fraction of sp³-hybridized carbons (Fsp3) is 0.533. The molecule has 1 rings (SSSR count). The lowest BCUT2D eigenvalue weighted by molar-refractivity contribution is -0.119. The highest BCUT2D eigenvalue weighted by Crippen LogP contribution is 2.03. The number of amides is 1. The summed E-state index contributed by atoms with van der Waals surface area (Å²) in [6.07, 6.45) is 1.13. The van der Waals surface area contributed by atoms with Crippen LogP contribution >= 0.6 is 0 Å². The summed E-state index contributed by atoms with van der Waals surface area (Å²) >= 11 is 0. The molecule has 4 nitrogen and oxygen atoms in total. The molecular weight excluding hydrogens is 238 g/mol. The first-order valence-electron chi connectivity index (χ1n) is 6.89. The molecule has 0 aliphatic carbocycles. The number of nitrogens with zero attached hydrogens (tertiary/aromatic N) is 1. The van der Waals surface area contributed by atoms with Crippen molar-refractivity contribution in [1.82, 2.24) is 10.2 Å². The molecule has 0 aromatic heterocycles. The first-order chi connectivity index (χ1) is 9.13. The number of benzene rings is 1. The number of rotatable bonds is 8. The highest BCUT2D eigenvalue weighted by molar-refractivity contribution is 5.80. The Bertz CT molecular complexity index is 367. The lowest BCUT2D eigenvalue weighted by Gasteiger charge is -2.23. The molecule has 1 aromatic carbocycles. The Kier molecular flexibility index (Phi) is 6.97. The number of hydrogen-bond donors (Lipinski definition) is 2. The van der Waals surface area contributed by atoms with Gasteiger partial charge in [0.15, 0.2) is 0 Å². The van der Waals surface area contributed by atoms with E-state index < -0.39 is 0 Å². The smallest absolute Gasteiger partial charge is 0.239 e. The lowest BCUT2D eigenvalue weighted by atomic mass is 10.2. The molecule has 0 aliphatic rings. The van der Waals surface area contributed by atoms with E-state index in [1.54, 1.807) is 0 Å². The van der Waals surface area contributed by atoms with Gasteiger partial charge in [0.2, 0.25) is 5.91 Å². The third kappa shape index (κ3) is 6.25. The Balaban J connectivity index is 2.15. The van der Waals surface area contributed by atoms with E-state index in [1.807, 2.05) is 30.3 Å². The van der Waals surface area contributed by atoms with Gasteiger partial charge in [0, 0.05) is 24.8 Å². The average Bonchev–Trinajstić information content (AvgIpc) is 2.45. The van der Waals surface area contributed by atoms with E-state index >= 15 is 0 Å². The predicted molar refractivity (Wildman–Crippen MR) is 80.3 cm³/mol. The van der Waals surface area contributed by atoms with E-state index in [0.717, 1.165) is 18.7 Å². The van der Waals surface area contributed by atoms with E-state index in [4.69, 9.17) is 0 Å². The van der Waals surface area contributed by atoms with Gasteiger partial charge in [-0.15, -0.1) is 0 Å². The quantitative estimate of drug-likeness (QED) is 0.753. The van der Waals surface area contributed by atoms with Crippen molar-refractivity contribution < 1.29 is 4.79 Å². The number of nitrogens with one attached hydrogen (secondary N) is 2. The van der Waals surface area contributed by atoms with Crippen molar-refractivity contribution in [3.8, 4) is 0 Å². The molecule has 1 amide bonds. The third-order valence-corrected chi connectivity index (χ3v) is 3.36. The van der Waals surface area contributed by atoms with Gasteiger partial charge in [-0.1, -0.05) is 25.1 Å². The predicted octanol–water partition coefficient (Wildman–Crippen LogP) is 1.94. The average molecular weight is 263 g/mol. The zero-order chi connectivity index (χ0) is 14.1. The summed E-state index contributed by atoms with van der Waals surface area (Å²) in [6.45, 7) is 6.25. The SMILES string of the molecule is CCC(C)N(C)CCNC(=O)CNc1ccccc1. The van der Waals surface area contributed by atoms with Crippen LogP contribution in [0.25, 0.3) is 0 Å². The molecule has 1 unspecified atom stereocenters. The first-order valence-corrected chi connectivity index (χ1v) is 6.89. The summed E-state index contributed by atoms with van der Waals surface area (Å²) in [5.74, 6) is 0.0291. The van der Waals surface area contributed by atoms with Crippen molar-refractivity contribution in [2.75, 3.05) is 32.0 Å². The van der Waals surface area contributed by atoms with E-state index in [0.29, 0.717) is 19.1 Å². The second-order valence-corrected chi connectivity index (χ2v) is 4.81. The maximum absolute atomic E-state index is 11.6. The lowest BCUT2D eigenvalue weighted by Crippen LogP contribution is -2.38. The highest BCUT2D eigenvalue weighted by atomic mass is 16.1. The molecule has 19 heavy (non-hydrogen) atoms. The number of carbonyl (C=O) groups is 1. The topological polar surface area (TPSA) is 44.4 Å². The number of carbonyl (C=O) groups excluding carboxylic acids is 1. The minimum atomic E-state index is 0.0291. The van der Waals surface area contributed by atoms with E-state index in [-0.39, 0.29) is 5.91 Å². The molecule has 0 bridgehead atoms. The van der Waals surface area contributed by atoms with Crippen LogP contribution in [0.3, 0.4) is 0 Å². The normalized spacial score (nSPS) is 12.2. The van der Waals surface area contributed by atoms with Gasteiger partial charge in [-0.3, -0.25) is 4.79 Å². The molecule has 1 aromatic rings. The Morgan fingerprint density at radius 2 is 2.00 bits per heavy atom. The summed E-state index contributed by atoms with van der Waals surface area (Å²) in [5.41, 5.74) is 0.967. The van der Waals surface area contributed by atoms with Crippen molar-refractivity contribution in [2.24, 2.45) is 0 Å². The van der Waals surface area contributed by atoms with Crippen molar-refractivity contribution in [2.45, 2.75) is 26.3 Å². The second-order valence-electron chi connectivity index (χ2n) is 4.81. The maximum Gasteiger partial charge on any atom is 0.239 e. The fourth-order valence-corrected chi connectivity index (χ4v) is 1.70. The van der Waals surface area contributed by atoms with Crippen LogP contribution in [0.5, 0.6) is 0 Å². The Morgan fingerprint density at radius 3 is 2.63 bits per heavy atom. The van der Waals surface area contributed by atoms with Gasteiger partial charge < -0.3 is 15.5 Å². The van der Waals surface area contributed by atoms with Crippen LogP contribution in [0.15, 0.2) is 30.3 Å². The van der Waals surface area contributed by atoms with Crippen LogP contribution in [0, 0.1) is 0 Å². The molecular formula is C15H25N3O. The molecule has 4 heteroatoms. The van der Waals surface area contributed by atoms with E-state index in [9.17, 15) is 4.79 Å². The van der Waals surface area contributed by atoms with Crippen LogP contribution in [0.2, 0.25) is 0 Å². The van der Waals surface area contributed by atoms with Crippen LogP contribution in [0.1, 0.15) is 20.3 Å². The largest absolute Gasteiger partial charge is 0.376 e. The molecule has 0 aliphatic heterocycles. The van der Waals surface area contributed by atoms with Gasteiger partial charge in [-0.05, 0) is 32.5 Å².